The summed E-state index contributed by atoms with van der Waals surface area (Å²) < 4.78 is 52.5. The van der Waals surface area contributed by atoms with Crippen LogP contribution in [0.5, 0.6) is 0 Å². The number of rotatable bonds is 1. The minimum atomic E-state index is -4.65. The molecular weight excluding hydrogens is 284 g/mol. The Labute approximate surface area is 111 Å². The smallest absolute Gasteiger partial charge is 0.387 e. The molecule has 2 rings (SSSR count). The number of nitrogens with one attached hydrogen (secondary N) is 1. The van der Waals surface area contributed by atoms with Crippen LogP contribution in [0.25, 0.3) is 10.9 Å². The van der Waals surface area contributed by atoms with Gasteiger partial charge in [0.1, 0.15) is 11.2 Å². The van der Waals surface area contributed by atoms with Gasteiger partial charge >= 0.3 is 6.18 Å². The minimum absolute atomic E-state index is 0.0794. The van der Waals surface area contributed by atoms with Crippen molar-refractivity contribution in [2.75, 3.05) is 12.4 Å². The van der Waals surface area contributed by atoms with Gasteiger partial charge in [-0.2, -0.15) is 13.2 Å². The second-order valence-corrected chi connectivity index (χ2v) is 4.37. The van der Waals surface area contributed by atoms with Gasteiger partial charge in [0, 0.05) is 23.7 Å². The summed E-state index contributed by atoms with van der Waals surface area (Å²) in [5, 5.41) is 2.64. The Morgan fingerprint density at radius 1 is 1.26 bits per heavy atom. The number of fused-ring (bicyclic) bond motifs is 1. The van der Waals surface area contributed by atoms with Crippen molar-refractivity contribution in [2.45, 2.75) is 13.1 Å². The van der Waals surface area contributed by atoms with Gasteiger partial charge in [-0.3, -0.25) is 0 Å². The molecule has 0 saturated heterocycles. The van der Waals surface area contributed by atoms with Crippen LogP contribution in [0.1, 0.15) is 11.3 Å². The fourth-order valence-electron chi connectivity index (χ4n) is 1.97. The van der Waals surface area contributed by atoms with Crippen LogP contribution in [-0.2, 0) is 6.18 Å². The molecule has 1 heterocycles. The molecule has 0 aliphatic carbocycles. The number of benzene rings is 1. The molecule has 0 spiro atoms. The number of anilines is 1. The zero-order valence-corrected chi connectivity index (χ0v) is 10.7. The summed E-state index contributed by atoms with van der Waals surface area (Å²) >= 11 is 5.57. The monoisotopic (exact) mass is 292 g/mol. The molecule has 19 heavy (non-hydrogen) atoms. The van der Waals surface area contributed by atoms with E-state index >= 15 is 0 Å². The maximum atomic E-state index is 13.8. The number of aromatic nitrogens is 1. The summed E-state index contributed by atoms with van der Waals surface area (Å²) in [5.74, 6) is -0.957. The van der Waals surface area contributed by atoms with E-state index in [9.17, 15) is 17.6 Å². The average Bonchev–Trinajstić information content (AvgIpc) is 2.32. The third-order valence-electron chi connectivity index (χ3n) is 2.81. The summed E-state index contributed by atoms with van der Waals surface area (Å²) in [4.78, 5) is 3.39. The first-order chi connectivity index (χ1) is 8.77. The second-order valence-electron chi connectivity index (χ2n) is 3.97. The first kappa shape index (κ1) is 13.9. The summed E-state index contributed by atoms with van der Waals surface area (Å²) in [5.41, 5.74) is -1.41. The minimum Gasteiger partial charge on any atom is -0.387 e. The molecule has 0 aliphatic rings. The lowest BCUT2D eigenvalue weighted by Crippen LogP contribution is -2.13. The third-order valence-corrected chi connectivity index (χ3v) is 3.10. The van der Waals surface area contributed by atoms with E-state index in [0.29, 0.717) is 0 Å². The van der Waals surface area contributed by atoms with E-state index in [2.05, 4.69) is 10.3 Å². The number of alkyl halides is 3. The molecule has 0 fully saturated rings. The number of nitrogens with zero attached hydrogens (tertiary/aromatic N) is 1. The Bertz CT molecular complexity index is 652. The summed E-state index contributed by atoms with van der Waals surface area (Å²) in [6.07, 6.45) is -4.65. The number of hydrogen-bond acceptors (Lipinski definition) is 2. The molecule has 0 amide bonds. The van der Waals surface area contributed by atoms with Crippen LogP contribution in [0.3, 0.4) is 0 Å². The fraction of sp³-hybridized carbons (Fsp3) is 0.250. The maximum Gasteiger partial charge on any atom is 0.433 e. The van der Waals surface area contributed by atoms with Crippen molar-refractivity contribution in [3.8, 4) is 0 Å². The highest BCUT2D eigenvalue weighted by molar-refractivity contribution is 6.31. The van der Waals surface area contributed by atoms with Crippen molar-refractivity contribution in [2.24, 2.45) is 0 Å². The molecule has 0 bridgehead atoms. The van der Waals surface area contributed by atoms with Gasteiger partial charge in [-0.15, -0.1) is 0 Å². The van der Waals surface area contributed by atoms with E-state index in [0.717, 1.165) is 0 Å². The predicted octanol–water partition coefficient (Wildman–Crippen LogP) is 4.40. The highest BCUT2D eigenvalue weighted by atomic mass is 35.5. The Kier molecular flexibility index (Phi) is 3.30. The van der Waals surface area contributed by atoms with E-state index in [4.69, 9.17) is 11.6 Å². The molecule has 0 unspecified atom stereocenters. The van der Waals surface area contributed by atoms with Crippen molar-refractivity contribution in [1.82, 2.24) is 4.98 Å². The Morgan fingerprint density at radius 2 is 1.89 bits per heavy atom. The molecule has 2 aromatic rings. The van der Waals surface area contributed by atoms with Gasteiger partial charge in [0.2, 0.25) is 0 Å². The van der Waals surface area contributed by atoms with Crippen LogP contribution in [0, 0.1) is 12.7 Å². The SMILES string of the molecule is CNc1c(C)c(C(F)(F)F)nc2c(F)c(Cl)ccc12. The number of hydrogen-bond donors (Lipinski definition) is 1. The molecule has 1 aromatic heterocycles. The van der Waals surface area contributed by atoms with Gasteiger partial charge < -0.3 is 5.32 Å². The Morgan fingerprint density at radius 3 is 2.42 bits per heavy atom. The van der Waals surface area contributed by atoms with E-state index in [1.165, 1.54) is 26.1 Å². The van der Waals surface area contributed by atoms with Crippen molar-refractivity contribution >= 4 is 28.2 Å². The topological polar surface area (TPSA) is 24.9 Å². The molecule has 102 valence electrons. The molecule has 0 saturated carbocycles. The van der Waals surface area contributed by atoms with E-state index in [-0.39, 0.29) is 21.7 Å². The Balaban J connectivity index is 2.96. The molecule has 2 nitrogen and oxygen atoms in total. The molecule has 0 aliphatic heterocycles. The largest absolute Gasteiger partial charge is 0.433 e. The summed E-state index contributed by atoms with van der Waals surface area (Å²) in [6.45, 7) is 1.29. The van der Waals surface area contributed by atoms with Crippen LogP contribution < -0.4 is 5.32 Å². The maximum absolute atomic E-state index is 13.8. The van der Waals surface area contributed by atoms with Crippen molar-refractivity contribution in [3.05, 3.63) is 34.2 Å². The molecule has 1 N–H and O–H groups in total. The molecular formula is C12H9ClF4N2. The van der Waals surface area contributed by atoms with Crippen LogP contribution in [0.2, 0.25) is 5.02 Å². The standard InChI is InChI=1S/C12H9ClF4N2/c1-5-9(18-2)6-3-4-7(13)8(14)10(6)19-11(5)12(15,16)17/h3-4H,1-2H3,(H,18,19). The third kappa shape index (κ3) is 2.20. The van der Waals surface area contributed by atoms with Crippen LogP contribution in [-0.4, -0.2) is 12.0 Å². The zero-order chi connectivity index (χ0) is 14.4. The molecule has 1 aromatic carbocycles. The van der Waals surface area contributed by atoms with Crippen molar-refractivity contribution in [3.63, 3.8) is 0 Å². The second kappa shape index (κ2) is 4.52. The van der Waals surface area contributed by atoms with Gasteiger partial charge in [-0.1, -0.05) is 11.6 Å². The average molecular weight is 293 g/mol. The lowest BCUT2D eigenvalue weighted by molar-refractivity contribution is -0.141. The van der Waals surface area contributed by atoms with Gasteiger partial charge in [0.15, 0.2) is 5.82 Å². The van der Waals surface area contributed by atoms with Crippen LogP contribution >= 0.6 is 11.6 Å². The normalized spacial score (nSPS) is 11.9. The predicted molar refractivity (Wildman–Crippen MR) is 66.0 cm³/mol. The lowest BCUT2D eigenvalue weighted by atomic mass is 10.1. The fourth-order valence-corrected chi connectivity index (χ4v) is 2.12. The van der Waals surface area contributed by atoms with Gasteiger partial charge in [-0.05, 0) is 19.1 Å². The van der Waals surface area contributed by atoms with Gasteiger partial charge in [0.05, 0.1) is 5.02 Å². The quantitative estimate of drug-likeness (QED) is 0.788. The summed E-state index contributed by atoms with van der Waals surface area (Å²) in [7, 11) is 1.47. The number of pyridine rings is 1. The zero-order valence-electron chi connectivity index (χ0n) is 9.99. The van der Waals surface area contributed by atoms with Crippen LogP contribution in [0.4, 0.5) is 23.2 Å². The molecule has 7 heteroatoms. The number of halogens is 5. The van der Waals surface area contributed by atoms with Crippen molar-refractivity contribution < 1.29 is 17.6 Å². The molecule has 0 radical (unpaired) electrons. The van der Waals surface area contributed by atoms with E-state index in [1.54, 1.807) is 0 Å². The first-order valence-corrected chi connectivity index (χ1v) is 5.68. The Hall–Kier alpha value is -1.56. The first-order valence-electron chi connectivity index (χ1n) is 5.30. The van der Waals surface area contributed by atoms with Crippen molar-refractivity contribution in [1.29, 1.82) is 0 Å². The van der Waals surface area contributed by atoms with Crippen LogP contribution in [0.15, 0.2) is 12.1 Å². The van der Waals surface area contributed by atoms with Gasteiger partial charge in [0.25, 0.3) is 0 Å². The van der Waals surface area contributed by atoms with E-state index < -0.39 is 23.2 Å². The summed E-state index contributed by atoms with van der Waals surface area (Å²) in [6, 6.07) is 2.72. The van der Waals surface area contributed by atoms with Gasteiger partial charge in [-0.25, -0.2) is 9.37 Å². The lowest BCUT2D eigenvalue weighted by Gasteiger charge is -2.16. The molecule has 0 atom stereocenters. The van der Waals surface area contributed by atoms with E-state index in [1.807, 2.05) is 0 Å². The highest BCUT2D eigenvalue weighted by Crippen LogP contribution is 2.38. The highest BCUT2D eigenvalue weighted by Gasteiger charge is 2.36.